The Kier molecular flexibility index (Phi) is 8.99. The molecule has 9 nitrogen and oxygen atoms in total. The number of hydrogen-bond donors (Lipinski definition) is 0. The van der Waals surface area contributed by atoms with E-state index in [0.29, 0.717) is 64.6 Å². The van der Waals surface area contributed by atoms with Crippen LogP contribution in [0.3, 0.4) is 0 Å². The lowest BCUT2D eigenvalue weighted by molar-refractivity contribution is -0.137. The van der Waals surface area contributed by atoms with E-state index in [9.17, 15) is 9.59 Å². The third kappa shape index (κ3) is 6.22. The van der Waals surface area contributed by atoms with Crippen LogP contribution in [-0.2, 0) is 9.53 Å². The highest BCUT2D eigenvalue weighted by Gasteiger charge is 2.19. The van der Waals surface area contributed by atoms with E-state index in [2.05, 4.69) is 37.0 Å². The van der Waals surface area contributed by atoms with Gasteiger partial charge in [-0.1, -0.05) is 29.8 Å². The molecule has 0 bridgehead atoms. The van der Waals surface area contributed by atoms with Crippen molar-refractivity contribution in [3.05, 3.63) is 61.0 Å². The summed E-state index contributed by atoms with van der Waals surface area (Å²) < 4.78 is 19.4. The van der Waals surface area contributed by atoms with Crippen molar-refractivity contribution in [2.45, 2.75) is 26.2 Å². The fraction of sp³-hybridized carbons (Fsp3) is 0.385. The van der Waals surface area contributed by atoms with Gasteiger partial charge in [-0.3, -0.25) is 9.59 Å². The summed E-state index contributed by atoms with van der Waals surface area (Å²) in [7, 11) is 1.53. The summed E-state index contributed by atoms with van der Waals surface area (Å²) in [6.07, 6.45) is 2.38. The zero-order valence-corrected chi connectivity index (χ0v) is 24.0. The minimum atomic E-state index is -0.248. The molecule has 4 rings (SSSR count). The second kappa shape index (κ2) is 12.2. The highest BCUT2D eigenvalue weighted by atomic mass is 79.9. The quantitative estimate of drug-likeness (QED) is 0.337. The Bertz CT molecular complexity index is 1390. The highest BCUT2D eigenvalue weighted by Crippen LogP contribution is 2.33. The monoisotopic (exact) mass is 634 g/mol. The van der Waals surface area contributed by atoms with Gasteiger partial charge < -0.3 is 19.1 Å². The molecule has 0 radical (unpaired) electrons. The number of halogens is 2. The van der Waals surface area contributed by atoms with Gasteiger partial charge in [0, 0.05) is 33.5 Å². The SMILES string of the molecule is CC[C@@H](C)c1nc2ccc(Br)cc2c(=O)n1N=Cc1cc(OC)c(OCC(=O)N2CCOCC2)cc1Br. The smallest absolute Gasteiger partial charge is 0.282 e. The van der Waals surface area contributed by atoms with Crippen molar-refractivity contribution in [1.82, 2.24) is 14.6 Å². The van der Waals surface area contributed by atoms with E-state index in [4.69, 9.17) is 19.2 Å². The van der Waals surface area contributed by atoms with E-state index in [-0.39, 0.29) is 24.0 Å². The third-order valence-electron chi connectivity index (χ3n) is 6.20. The highest BCUT2D eigenvalue weighted by molar-refractivity contribution is 9.10. The van der Waals surface area contributed by atoms with Crippen LogP contribution in [0.25, 0.3) is 10.9 Å². The Morgan fingerprint density at radius 3 is 2.68 bits per heavy atom. The molecule has 0 aliphatic carbocycles. The molecule has 1 aromatic heterocycles. The van der Waals surface area contributed by atoms with Crippen LogP contribution in [0.2, 0.25) is 0 Å². The Morgan fingerprint density at radius 2 is 1.97 bits per heavy atom. The standard InChI is InChI=1S/C26H28Br2N4O5/c1-4-16(2)25-30-21-6-5-18(27)12-19(21)26(34)32(25)29-14-17-11-22(35-3)23(13-20(17)28)37-15-24(33)31-7-9-36-10-8-31/h5-6,11-14,16H,4,7-10,15H2,1-3H3/t16-/m1/s1. The Labute approximate surface area is 231 Å². The lowest BCUT2D eigenvalue weighted by Crippen LogP contribution is -2.43. The minimum absolute atomic E-state index is 0.0238. The summed E-state index contributed by atoms with van der Waals surface area (Å²) in [4.78, 5) is 32.3. The van der Waals surface area contributed by atoms with Crippen molar-refractivity contribution >= 4 is 54.9 Å². The van der Waals surface area contributed by atoms with E-state index in [0.717, 1.165) is 10.9 Å². The Morgan fingerprint density at radius 1 is 1.22 bits per heavy atom. The first-order valence-electron chi connectivity index (χ1n) is 11.9. The molecule has 1 fully saturated rings. The predicted molar refractivity (Wildman–Crippen MR) is 149 cm³/mol. The molecule has 2 aromatic carbocycles. The molecule has 196 valence electrons. The molecular formula is C26H28Br2N4O5. The number of benzene rings is 2. The van der Waals surface area contributed by atoms with Gasteiger partial charge in [0.2, 0.25) is 0 Å². The van der Waals surface area contributed by atoms with Crippen molar-refractivity contribution in [3.8, 4) is 11.5 Å². The molecule has 3 aromatic rings. The molecule has 1 amide bonds. The van der Waals surface area contributed by atoms with Gasteiger partial charge in [0.1, 0.15) is 5.82 Å². The number of rotatable bonds is 8. The molecule has 0 N–H and O–H groups in total. The van der Waals surface area contributed by atoms with E-state index in [1.807, 2.05) is 26.0 Å². The summed E-state index contributed by atoms with van der Waals surface area (Å²) in [5.74, 6) is 1.36. The first-order valence-corrected chi connectivity index (χ1v) is 13.5. The van der Waals surface area contributed by atoms with Crippen LogP contribution >= 0.6 is 31.9 Å². The van der Waals surface area contributed by atoms with Gasteiger partial charge in [-0.2, -0.15) is 9.78 Å². The zero-order valence-electron chi connectivity index (χ0n) is 20.9. The summed E-state index contributed by atoms with van der Waals surface area (Å²) in [5, 5.41) is 5.00. The van der Waals surface area contributed by atoms with Crippen LogP contribution in [0.4, 0.5) is 0 Å². The van der Waals surface area contributed by atoms with Crippen molar-refractivity contribution in [2.24, 2.45) is 5.10 Å². The van der Waals surface area contributed by atoms with Gasteiger partial charge in [0.05, 0.1) is 37.4 Å². The predicted octanol–water partition coefficient (Wildman–Crippen LogP) is 4.56. The van der Waals surface area contributed by atoms with Gasteiger partial charge >= 0.3 is 0 Å². The molecule has 1 atom stereocenters. The molecule has 1 saturated heterocycles. The average molecular weight is 636 g/mol. The number of carbonyl (C=O) groups is 1. The van der Waals surface area contributed by atoms with Gasteiger partial charge in [-0.25, -0.2) is 4.98 Å². The maximum Gasteiger partial charge on any atom is 0.282 e. The van der Waals surface area contributed by atoms with E-state index in [1.54, 1.807) is 29.3 Å². The van der Waals surface area contributed by atoms with Crippen molar-refractivity contribution in [2.75, 3.05) is 40.0 Å². The molecular weight excluding hydrogens is 608 g/mol. The summed E-state index contributed by atoms with van der Waals surface area (Å²) >= 11 is 6.98. The summed E-state index contributed by atoms with van der Waals surface area (Å²) in [5.41, 5.74) is 1.05. The second-order valence-electron chi connectivity index (χ2n) is 8.61. The van der Waals surface area contributed by atoms with Crippen LogP contribution in [-0.4, -0.2) is 66.7 Å². The first kappa shape index (κ1) is 27.3. The zero-order chi connectivity index (χ0) is 26.5. The number of ether oxygens (including phenoxy) is 3. The molecule has 2 heterocycles. The molecule has 0 spiro atoms. The maximum atomic E-state index is 13.4. The number of morpholine rings is 1. The van der Waals surface area contributed by atoms with Gasteiger partial charge in [-0.05, 0) is 52.7 Å². The topological polar surface area (TPSA) is 95.2 Å². The van der Waals surface area contributed by atoms with Crippen LogP contribution in [0.15, 0.2) is 49.2 Å². The lowest BCUT2D eigenvalue weighted by atomic mass is 10.1. The van der Waals surface area contributed by atoms with E-state index < -0.39 is 0 Å². The van der Waals surface area contributed by atoms with E-state index >= 15 is 0 Å². The van der Waals surface area contributed by atoms with Crippen LogP contribution < -0.4 is 15.0 Å². The second-order valence-corrected chi connectivity index (χ2v) is 10.4. The molecule has 1 aliphatic heterocycles. The molecule has 0 unspecified atom stereocenters. The number of aromatic nitrogens is 2. The number of nitrogens with zero attached hydrogens (tertiary/aromatic N) is 4. The number of hydrogen-bond acceptors (Lipinski definition) is 7. The van der Waals surface area contributed by atoms with Gasteiger partial charge in [-0.15, -0.1) is 0 Å². The van der Waals surface area contributed by atoms with Gasteiger partial charge in [0.15, 0.2) is 18.1 Å². The number of carbonyl (C=O) groups excluding carboxylic acids is 1. The third-order valence-corrected chi connectivity index (χ3v) is 7.38. The van der Waals surface area contributed by atoms with Gasteiger partial charge in [0.25, 0.3) is 11.5 Å². The Balaban J connectivity index is 1.64. The molecule has 37 heavy (non-hydrogen) atoms. The molecule has 11 heteroatoms. The van der Waals surface area contributed by atoms with Crippen LogP contribution in [0.1, 0.15) is 37.6 Å². The lowest BCUT2D eigenvalue weighted by Gasteiger charge is -2.26. The molecule has 1 aliphatic rings. The Hall–Kier alpha value is -2.76. The maximum absolute atomic E-state index is 13.4. The number of fused-ring (bicyclic) bond motifs is 1. The number of amides is 1. The fourth-order valence-corrected chi connectivity index (χ4v) is 4.65. The summed E-state index contributed by atoms with van der Waals surface area (Å²) in [6.45, 7) is 6.11. The minimum Gasteiger partial charge on any atom is -0.493 e. The van der Waals surface area contributed by atoms with Crippen LogP contribution in [0.5, 0.6) is 11.5 Å². The number of methoxy groups -OCH3 is 1. The van der Waals surface area contributed by atoms with Crippen molar-refractivity contribution in [1.29, 1.82) is 0 Å². The largest absolute Gasteiger partial charge is 0.493 e. The average Bonchev–Trinajstić information content (AvgIpc) is 2.92. The first-order chi connectivity index (χ1) is 17.8. The van der Waals surface area contributed by atoms with Crippen molar-refractivity contribution in [3.63, 3.8) is 0 Å². The normalized spacial score (nSPS) is 14.8. The fourth-order valence-electron chi connectivity index (χ4n) is 3.86. The summed E-state index contributed by atoms with van der Waals surface area (Å²) in [6, 6.07) is 8.90. The molecule has 0 saturated carbocycles. The van der Waals surface area contributed by atoms with E-state index in [1.165, 1.54) is 11.8 Å². The van der Waals surface area contributed by atoms with Crippen LogP contribution in [0, 0.1) is 0 Å². The van der Waals surface area contributed by atoms with Crippen molar-refractivity contribution < 1.29 is 19.0 Å².